The number of nitrogens with one attached hydrogen (secondary N) is 1. The van der Waals surface area contributed by atoms with Crippen LogP contribution in [0.4, 0.5) is 4.79 Å². The van der Waals surface area contributed by atoms with Crippen molar-refractivity contribution in [1.29, 1.82) is 0 Å². The van der Waals surface area contributed by atoms with E-state index >= 15 is 0 Å². The van der Waals surface area contributed by atoms with Crippen LogP contribution in [0.5, 0.6) is 0 Å². The maximum absolute atomic E-state index is 13.2. The van der Waals surface area contributed by atoms with Crippen LogP contribution in [0.1, 0.15) is 39.3 Å². The van der Waals surface area contributed by atoms with Crippen molar-refractivity contribution in [3.8, 4) is 11.1 Å². The summed E-state index contributed by atoms with van der Waals surface area (Å²) in [6.45, 7) is 2.53. The van der Waals surface area contributed by atoms with Gasteiger partial charge in [-0.15, -0.1) is 0 Å². The number of alkyl carbamates (subject to hydrolysis) is 1. The summed E-state index contributed by atoms with van der Waals surface area (Å²) in [6, 6.07) is 27.6. The molecule has 6 rings (SSSR count). The predicted molar refractivity (Wildman–Crippen MR) is 162 cm³/mol. The fourth-order valence-electron chi connectivity index (χ4n) is 5.93. The number of sulfonamides is 1. The van der Waals surface area contributed by atoms with Crippen LogP contribution in [-0.2, 0) is 43.8 Å². The molecular weight excluding hydrogens is 564 g/mol. The number of ether oxygens (including phenoxy) is 2. The van der Waals surface area contributed by atoms with Gasteiger partial charge in [-0.1, -0.05) is 84.4 Å². The zero-order chi connectivity index (χ0) is 30.1. The van der Waals surface area contributed by atoms with Crippen LogP contribution in [0.15, 0.2) is 95.9 Å². The van der Waals surface area contributed by atoms with Crippen molar-refractivity contribution >= 4 is 22.1 Å². The molecule has 0 fully saturated rings. The van der Waals surface area contributed by atoms with Crippen molar-refractivity contribution in [3.63, 3.8) is 0 Å². The molecule has 4 aromatic carbocycles. The third kappa shape index (κ3) is 5.66. The lowest BCUT2D eigenvalue weighted by Crippen LogP contribution is -2.43. The molecule has 2 aliphatic rings. The van der Waals surface area contributed by atoms with E-state index in [1.165, 1.54) is 11.4 Å². The Labute approximate surface area is 251 Å². The minimum absolute atomic E-state index is 0.106. The average molecular weight is 597 g/mol. The van der Waals surface area contributed by atoms with Gasteiger partial charge in [0.1, 0.15) is 12.6 Å². The summed E-state index contributed by atoms with van der Waals surface area (Å²) in [6.07, 6.45) is -0.553. The zero-order valence-electron chi connectivity index (χ0n) is 23.9. The van der Waals surface area contributed by atoms with Gasteiger partial charge in [0.2, 0.25) is 10.0 Å². The minimum atomic E-state index is -3.66. The number of hydrogen-bond donors (Lipinski definition) is 1. The molecular formula is C34H32N2O6S. The Bertz CT molecular complexity index is 1760. The molecule has 0 unspecified atom stereocenters. The van der Waals surface area contributed by atoms with Crippen molar-refractivity contribution < 1.29 is 27.5 Å². The largest absolute Gasteiger partial charge is 0.467 e. The number of methoxy groups -OCH3 is 1. The van der Waals surface area contributed by atoms with E-state index in [0.29, 0.717) is 0 Å². The van der Waals surface area contributed by atoms with E-state index in [4.69, 9.17) is 9.47 Å². The van der Waals surface area contributed by atoms with Gasteiger partial charge in [-0.2, -0.15) is 4.31 Å². The minimum Gasteiger partial charge on any atom is -0.467 e. The topological polar surface area (TPSA) is 102 Å². The Kier molecular flexibility index (Phi) is 7.77. The van der Waals surface area contributed by atoms with E-state index in [0.717, 1.165) is 44.5 Å². The first-order valence-corrected chi connectivity index (χ1v) is 15.6. The predicted octanol–water partition coefficient (Wildman–Crippen LogP) is 5.32. The molecule has 0 spiro atoms. The number of aryl methyl sites for hydroxylation is 1. The Morgan fingerprint density at radius 1 is 0.884 bits per heavy atom. The molecule has 8 nitrogen and oxygen atoms in total. The summed E-state index contributed by atoms with van der Waals surface area (Å²) in [4.78, 5) is 25.8. The first-order chi connectivity index (χ1) is 20.7. The molecule has 1 aliphatic carbocycles. The maximum Gasteiger partial charge on any atom is 0.407 e. The van der Waals surface area contributed by atoms with E-state index in [-0.39, 0.29) is 36.9 Å². The fourth-order valence-corrected chi connectivity index (χ4v) is 7.32. The van der Waals surface area contributed by atoms with E-state index in [1.54, 1.807) is 24.3 Å². The number of fused-ring (bicyclic) bond motifs is 4. The highest BCUT2D eigenvalue weighted by Gasteiger charge is 2.32. The third-order valence-electron chi connectivity index (χ3n) is 8.18. The number of rotatable bonds is 8. The second-order valence-electron chi connectivity index (χ2n) is 10.9. The Morgan fingerprint density at radius 3 is 2.16 bits per heavy atom. The SMILES string of the molecule is COC(=O)[C@@H](Cc1ccc2c(c1)CN(S(=O)(=O)c1ccc(C)cc1)C2)NC(=O)OCC1c2ccccc2-c2ccccc21. The van der Waals surface area contributed by atoms with Gasteiger partial charge >= 0.3 is 12.1 Å². The quantitative estimate of drug-likeness (QED) is 0.276. The Morgan fingerprint density at radius 2 is 1.51 bits per heavy atom. The van der Waals surface area contributed by atoms with Gasteiger partial charge in [-0.3, -0.25) is 0 Å². The molecule has 1 aliphatic heterocycles. The molecule has 0 saturated heterocycles. The van der Waals surface area contributed by atoms with E-state index in [2.05, 4.69) is 17.4 Å². The lowest BCUT2D eigenvalue weighted by atomic mass is 9.98. The number of carbonyl (C=O) groups excluding carboxylic acids is 2. The molecule has 9 heteroatoms. The molecule has 1 heterocycles. The molecule has 1 atom stereocenters. The molecule has 220 valence electrons. The van der Waals surface area contributed by atoms with Gasteiger partial charge in [-0.25, -0.2) is 18.0 Å². The summed E-state index contributed by atoms with van der Waals surface area (Å²) in [5.41, 5.74) is 7.96. The summed E-state index contributed by atoms with van der Waals surface area (Å²) in [5.74, 6) is -0.705. The van der Waals surface area contributed by atoms with Crippen molar-refractivity contribution in [2.75, 3.05) is 13.7 Å². The second-order valence-corrected chi connectivity index (χ2v) is 12.9. The molecule has 1 N–H and O–H groups in total. The van der Waals surface area contributed by atoms with Gasteiger partial charge < -0.3 is 14.8 Å². The highest BCUT2D eigenvalue weighted by Crippen LogP contribution is 2.44. The van der Waals surface area contributed by atoms with Crippen molar-refractivity contribution in [2.24, 2.45) is 0 Å². The lowest BCUT2D eigenvalue weighted by molar-refractivity contribution is -0.143. The van der Waals surface area contributed by atoms with E-state index < -0.39 is 28.1 Å². The first-order valence-electron chi connectivity index (χ1n) is 14.1. The molecule has 0 radical (unpaired) electrons. The Hall–Kier alpha value is -4.47. The number of carbonyl (C=O) groups is 2. The van der Waals surface area contributed by atoms with E-state index in [1.807, 2.05) is 61.5 Å². The lowest BCUT2D eigenvalue weighted by Gasteiger charge is -2.19. The van der Waals surface area contributed by atoms with Crippen molar-refractivity contribution in [3.05, 3.63) is 124 Å². The number of amides is 1. The molecule has 0 saturated carbocycles. The molecule has 0 bridgehead atoms. The first kappa shape index (κ1) is 28.6. The smallest absolute Gasteiger partial charge is 0.407 e. The van der Waals surface area contributed by atoms with Crippen LogP contribution < -0.4 is 5.32 Å². The highest BCUT2D eigenvalue weighted by atomic mass is 32.2. The summed E-state index contributed by atoms with van der Waals surface area (Å²) >= 11 is 0. The van der Waals surface area contributed by atoms with Crippen LogP contribution in [0.25, 0.3) is 11.1 Å². The van der Waals surface area contributed by atoms with Crippen LogP contribution >= 0.6 is 0 Å². The van der Waals surface area contributed by atoms with Gasteiger partial charge in [0, 0.05) is 25.4 Å². The summed E-state index contributed by atoms with van der Waals surface area (Å²) < 4.78 is 38.5. The van der Waals surface area contributed by atoms with E-state index in [9.17, 15) is 18.0 Å². The second kappa shape index (κ2) is 11.7. The number of benzene rings is 4. The van der Waals surface area contributed by atoms with Crippen LogP contribution in [-0.4, -0.2) is 44.5 Å². The van der Waals surface area contributed by atoms with Crippen LogP contribution in [0.2, 0.25) is 0 Å². The number of esters is 1. The molecule has 0 aromatic heterocycles. The zero-order valence-corrected chi connectivity index (χ0v) is 24.8. The van der Waals surface area contributed by atoms with Crippen molar-refractivity contribution in [1.82, 2.24) is 9.62 Å². The molecule has 43 heavy (non-hydrogen) atoms. The van der Waals surface area contributed by atoms with Crippen LogP contribution in [0.3, 0.4) is 0 Å². The highest BCUT2D eigenvalue weighted by molar-refractivity contribution is 7.89. The summed E-state index contributed by atoms with van der Waals surface area (Å²) in [7, 11) is -2.39. The standard InChI is InChI=1S/C34H32N2O6S/c1-22-11-15-26(16-12-22)43(39,40)36-19-24-14-13-23(17-25(24)20-36)18-32(33(37)41-2)35-34(38)42-21-31-29-9-5-3-7-27(29)28-8-4-6-10-30(28)31/h3-17,31-32H,18-21H2,1-2H3,(H,35,38)/t32-/m1/s1. The average Bonchev–Trinajstić information content (AvgIpc) is 3.59. The van der Waals surface area contributed by atoms with Gasteiger partial charge in [0.15, 0.2) is 0 Å². The normalized spacial score (nSPS) is 14.8. The Balaban J connectivity index is 1.12. The number of hydrogen-bond acceptors (Lipinski definition) is 6. The maximum atomic E-state index is 13.2. The van der Waals surface area contributed by atoms with Gasteiger partial charge in [0.05, 0.1) is 12.0 Å². The van der Waals surface area contributed by atoms with Gasteiger partial charge in [0.25, 0.3) is 0 Å². The monoisotopic (exact) mass is 596 g/mol. The molecule has 1 amide bonds. The third-order valence-corrected chi connectivity index (χ3v) is 9.99. The number of nitrogens with zero attached hydrogens (tertiary/aromatic N) is 1. The van der Waals surface area contributed by atoms with Crippen LogP contribution in [0, 0.1) is 6.92 Å². The molecule has 4 aromatic rings. The fraction of sp³-hybridized carbons (Fsp3) is 0.235. The summed E-state index contributed by atoms with van der Waals surface area (Å²) in [5, 5.41) is 2.67. The van der Waals surface area contributed by atoms with Gasteiger partial charge in [-0.05, 0) is 58.0 Å². The van der Waals surface area contributed by atoms with Crippen molar-refractivity contribution in [2.45, 2.75) is 43.3 Å².